The van der Waals surface area contributed by atoms with Crippen LogP contribution in [0.3, 0.4) is 0 Å². The van der Waals surface area contributed by atoms with Gasteiger partial charge in [-0.2, -0.15) is 0 Å². The SMILES string of the molecule is Cc1ccc(-c2cccc(NC(=O)Cn3c(=O)n(C)c4ncccc43)c2)o1. The number of benzene rings is 1. The monoisotopic (exact) mass is 362 g/mol. The van der Waals surface area contributed by atoms with E-state index >= 15 is 0 Å². The zero-order valence-corrected chi connectivity index (χ0v) is 15.0. The summed E-state index contributed by atoms with van der Waals surface area (Å²) in [5, 5.41) is 2.84. The number of amides is 1. The van der Waals surface area contributed by atoms with Gasteiger partial charge in [-0.3, -0.25) is 13.9 Å². The van der Waals surface area contributed by atoms with Crippen molar-refractivity contribution < 1.29 is 9.21 Å². The van der Waals surface area contributed by atoms with Gasteiger partial charge in [0.1, 0.15) is 18.1 Å². The van der Waals surface area contributed by atoms with Gasteiger partial charge in [-0.05, 0) is 43.3 Å². The molecule has 0 aliphatic carbocycles. The summed E-state index contributed by atoms with van der Waals surface area (Å²) in [6.45, 7) is 1.79. The molecule has 0 fully saturated rings. The van der Waals surface area contributed by atoms with E-state index in [1.165, 1.54) is 9.13 Å². The second-order valence-corrected chi connectivity index (χ2v) is 6.31. The first kappa shape index (κ1) is 16.8. The average molecular weight is 362 g/mol. The fraction of sp³-hybridized carbons (Fsp3) is 0.150. The molecule has 0 radical (unpaired) electrons. The third kappa shape index (κ3) is 3.15. The van der Waals surface area contributed by atoms with Crippen LogP contribution in [0.15, 0.2) is 63.9 Å². The van der Waals surface area contributed by atoms with Gasteiger partial charge in [-0.25, -0.2) is 9.78 Å². The quantitative estimate of drug-likeness (QED) is 0.605. The summed E-state index contributed by atoms with van der Waals surface area (Å²) in [5.41, 5.74) is 2.40. The number of imidazole rings is 1. The van der Waals surface area contributed by atoms with Crippen LogP contribution in [0.2, 0.25) is 0 Å². The number of fused-ring (bicyclic) bond motifs is 1. The van der Waals surface area contributed by atoms with Crippen LogP contribution in [0.5, 0.6) is 0 Å². The van der Waals surface area contributed by atoms with Crippen LogP contribution in [0.1, 0.15) is 5.76 Å². The molecule has 0 saturated heterocycles. The lowest BCUT2D eigenvalue weighted by atomic mass is 10.1. The summed E-state index contributed by atoms with van der Waals surface area (Å²) in [6, 6.07) is 14.7. The Morgan fingerprint density at radius 3 is 2.81 bits per heavy atom. The van der Waals surface area contributed by atoms with Gasteiger partial charge in [0.2, 0.25) is 5.91 Å². The first-order valence-corrected chi connectivity index (χ1v) is 8.50. The zero-order chi connectivity index (χ0) is 19.0. The van der Waals surface area contributed by atoms with E-state index in [-0.39, 0.29) is 18.1 Å². The van der Waals surface area contributed by atoms with Crippen LogP contribution < -0.4 is 11.0 Å². The molecule has 3 aromatic heterocycles. The van der Waals surface area contributed by atoms with Crippen molar-refractivity contribution in [2.75, 3.05) is 5.32 Å². The Bertz CT molecular complexity index is 1200. The minimum Gasteiger partial charge on any atom is -0.461 e. The minimum absolute atomic E-state index is 0.0913. The van der Waals surface area contributed by atoms with E-state index in [1.54, 1.807) is 31.4 Å². The lowest BCUT2D eigenvalue weighted by Crippen LogP contribution is -2.28. The third-order valence-corrected chi connectivity index (χ3v) is 4.37. The number of anilines is 1. The van der Waals surface area contributed by atoms with Gasteiger partial charge in [-0.15, -0.1) is 0 Å². The van der Waals surface area contributed by atoms with E-state index < -0.39 is 0 Å². The van der Waals surface area contributed by atoms with Gasteiger partial charge < -0.3 is 9.73 Å². The van der Waals surface area contributed by atoms with Crippen LogP contribution >= 0.6 is 0 Å². The zero-order valence-electron chi connectivity index (χ0n) is 15.0. The molecule has 0 spiro atoms. The molecule has 0 saturated carbocycles. The molecule has 4 aromatic rings. The van der Waals surface area contributed by atoms with Crippen molar-refractivity contribution in [2.24, 2.45) is 7.05 Å². The van der Waals surface area contributed by atoms with Crippen molar-refractivity contribution in [2.45, 2.75) is 13.5 Å². The molecule has 1 N–H and O–H groups in total. The van der Waals surface area contributed by atoms with Crippen molar-refractivity contribution in [3.05, 3.63) is 71.0 Å². The topological polar surface area (TPSA) is 82.1 Å². The number of hydrogen-bond donors (Lipinski definition) is 1. The van der Waals surface area contributed by atoms with Crippen LogP contribution in [0, 0.1) is 6.92 Å². The molecule has 0 aliphatic rings. The van der Waals surface area contributed by atoms with Crippen LogP contribution in [0.4, 0.5) is 5.69 Å². The maximum absolute atomic E-state index is 12.5. The summed E-state index contributed by atoms with van der Waals surface area (Å²) in [5.74, 6) is 1.27. The van der Waals surface area contributed by atoms with Crippen LogP contribution in [-0.4, -0.2) is 20.0 Å². The number of carbonyl (C=O) groups is 1. The number of pyridine rings is 1. The number of carbonyl (C=O) groups excluding carboxylic acids is 1. The summed E-state index contributed by atoms with van der Waals surface area (Å²) >= 11 is 0. The Labute approximate surface area is 154 Å². The molecule has 7 heteroatoms. The molecule has 0 aliphatic heterocycles. The number of nitrogens with one attached hydrogen (secondary N) is 1. The van der Waals surface area contributed by atoms with E-state index in [0.29, 0.717) is 16.9 Å². The van der Waals surface area contributed by atoms with Gasteiger partial charge in [0.15, 0.2) is 5.65 Å². The van der Waals surface area contributed by atoms with E-state index in [1.807, 2.05) is 37.3 Å². The molecule has 1 amide bonds. The number of aryl methyl sites for hydroxylation is 2. The van der Waals surface area contributed by atoms with Crippen molar-refractivity contribution in [1.82, 2.24) is 14.1 Å². The molecular formula is C20H18N4O3. The predicted molar refractivity (Wildman–Crippen MR) is 102 cm³/mol. The van der Waals surface area contributed by atoms with E-state index in [0.717, 1.165) is 17.1 Å². The molecule has 27 heavy (non-hydrogen) atoms. The summed E-state index contributed by atoms with van der Waals surface area (Å²) in [6.07, 6.45) is 1.62. The van der Waals surface area contributed by atoms with Crippen LogP contribution in [-0.2, 0) is 18.4 Å². The van der Waals surface area contributed by atoms with Crippen molar-refractivity contribution in [1.29, 1.82) is 0 Å². The smallest absolute Gasteiger partial charge is 0.330 e. The average Bonchev–Trinajstić information content (AvgIpc) is 3.20. The molecule has 1 aromatic carbocycles. The molecule has 0 atom stereocenters. The first-order chi connectivity index (χ1) is 13.0. The van der Waals surface area contributed by atoms with Crippen molar-refractivity contribution in [3.8, 4) is 11.3 Å². The highest BCUT2D eigenvalue weighted by Crippen LogP contribution is 2.24. The second-order valence-electron chi connectivity index (χ2n) is 6.31. The molecule has 0 unspecified atom stereocenters. The standard InChI is InChI=1S/C20H18N4O3/c1-13-8-9-17(27-13)14-5-3-6-15(11-14)22-18(25)12-24-16-7-4-10-21-19(16)23(2)20(24)26/h3-11H,12H2,1-2H3,(H,22,25). The Hall–Kier alpha value is -3.61. The van der Waals surface area contributed by atoms with Crippen molar-refractivity contribution in [3.63, 3.8) is 0 Å². The Morgan fingerprint density at radius 2 is 2.04 bits per heavy atom. The minimum atomic E-state index is -0.291. The van der Waals surface area contributed by atoms with Gasteiger partial charge in [0.05, 0.1) is 5.52 Å². The largest absolute Gasteiger partial charge is 0.461 e. The highest BCUT2D eigenvalue weighted by molar-refractivity contribution is 5.92. The lowest BCUT2D eigenvalue weighted by Gasteiger charge is -2.07. The second kappa shape index (κ2) is 6.60. The highest BCUT2D eigenvalue weighted by atomic mass is 16.3. The Morgan fingerprint density at radius 1 is 1.19 bits per heavy atom. The maximum Gasteiger partial charge on any atom is 0.330 e. The molecule has 3 heterocycles. The Balaban J connectivity index is 1.57. The molecular weight excluding hydrogens is 344 g/mol. The fourth-order valence-corrected chi connectivity index (χ4v) is 3.07. The number of nitrogens with zero attached hydrogens (tertiary/aromatic N) is 3. The number of hydrogen-bond acceptors (Lipinski definition) is 4. The predicted octanol–water partition coefficient (Wildman–Crippen LogP) is 2.94. The summed E-state index contributed by atoms with van der Waals surface area (Å²) in [7, 11) is 1.64. The van der Waals surface area contributed by atoms with Gasteiger partial charge in [0.25, 0.3) is 0 Å². The van der Waals surface area contributed by atoms with Crippen molar-refractivity contribution >= 4 is 22.8 Å². The number of rotatable bonds is 4. The highest BCUT2D eigenvalue weighted by Gasteiger charge is 2.14. The van der Waals surface area contributed by atoms with Crippen LogP contribution in [0.25, 0.3) is 22.5 Å². The third-order valence-electron chi connectivity index (χ3n) is 4.37. The molecule has 136 valence electrons. The van der Waals surface area contributed by atoms with Gasteiger partial charge in [0, 0.05) is 24.5 Å². The maximum atomic E-state index is 12.5. The normalized spacial score (nSPS) is 11.0. The first-order valence-electron chi connectivity index (χ1n) is 8.50. The van der Waals surface area contributed by atoms with E-state index in [2.05, 4.69) is 10.3 Å². The van der Waals surface area contributed by atoms with E-state index in [4.69, 9.17) is 4.42 Å². The Kier molecular flexibility index (Phi) is 4.12. The van der Waals surface area contributed by atoms with E-state index in [9.17, 15) is 9.59 Å². The fourth-order valence-electron chi connectivity index (χ4n) is 3.07. The number of furan rings is 1. The molecule has 0 bridgehead atoms. The van der Waals surface area contributed by atoms with Gasteiger partial charge in [-0.1, -0.05) is 12.1 Å². The lowest BCUT2D eigenvalue weighted by molar-refractivity contribution is -0.116. The summed E-state index contributed by atoms with van der Waals surface area (Å²) in [4.78, 5) is 29.1. The molecule has 7 nitrogen and oxygen atoms in total. The summed E-state index contributed by atoms with van der Waals surface area (Å²) < 4.78 is 8.47. The number of aromatic nitrogens is 3. The molecule has 4 rings (SSSR count). The van der Waals surface area contributed by atoms with Gasteiger partial charge >= 0.3 is 5.69 Å².